The third-order valence-electron chi connectivity index (χ3n) is 6.46. The number of hydrogen-bond donors (Lipinski definition) is 5. The van der Waals surface area contributed by atoms with Crippen LogP contribution in [0.15, 0.2) is 12.1 Å². The molecule has 1 aliphatic carbocycles. The summed E-state index contributed by atoms with van der Waals surface area (Å²) < 4.78 is 40.5. The Balaban J connectivity index is 1.40. The first-order valence-corrected chi connectivity index (χ1v) is 11.8. The summed E-state index contributed by atoms with van der Waals surface area (Å²) in [6.07, 6.45) is 5.93. The molecule has 1 unspecified atom stereocenters. The topological polar surface area (TPSA) is 140 Å². The molecular formula is C19H26FN5O5S. The number of carbonyl (C=O) groups is 2. The summed E-state index contributed by atoms with van der Waals surface area (Å²) in [6, 6.07) is 1.39. The van der Waals surface area contributed by atoms with Gasteiger partial charge < -0.3 is 21.1 Å². The summed E-state index contributed by atoms with van der Waals surface area (Å²) in [4.78, 5) is 23.7. The molecular weight excluding hydrogens is 429 g/mol. The first-order chi connectivity index (χ1) is 14.7. The van der Waals surface area contributed by atoms with E-state index in [9.17, 15) is 27.5 Å². The summed E-state index contributed by atoms with van der Waals surface area (Å²) in [7, 11) is -4.27. The Labute approximate surface area is 179 Å². The molecule has 4 rings (SSSR count). The van der Waals surface area contributed by atoms with Crippen molar-refractivity contribution in [2.45, 2.75) is 32.1 Å². The van der Waals surface area contributed by atoms with Crippen molar-refractivity contribution in [3.05, 3.63) is 17.9 Å². The summed E-state index contributed by atoms with van der Waals surface area (Å²) >= 11 is 0. The molecule has 3 amide bonds. The molecule has 3 aliphatic rings. The number of hydrogen-bond acceptors (Lipinski definition) is 6. The van der Waals surface area contributed by atoms with Gasteiger partial charge in [-0.2, -0.15) is 8.42 Å². The van der Waals surface area contributed by atoms with E-state index in [0.29, 0.717) is 16.8 Å². The van der Waals surface area contributed by atoms with Crippen molar-refractivity contribution in [2.75, 3.05) is 35.8 Å². The number of halogens is 1. The van der Waals surface area contributed by atoms with Crippen LogP contribution in [-0.4, -0.2) is 51.6 Å². The SMILES string of the molecule is O=C1CN(c2c(O)cc(NC(=O)NCC3CNCC34CCCCC4)cc2F)S(=O)(=O)N1. The molecule has 0 aromatic heterocycles. The number of urea groups is 1. The fraction of sp³-hybridized carbons (Fsp3) is 0.579. The van der Waals surface area contributed by atoms with Crippen LogP contribution in [0.5, 0.6) is 5.75 Å². The number of anilines is 2. The summed E-state index contributed by atoms with van der Waals surface area (Å²) in [6.45, 7) is 1.63. The van der Waals surface area contributed by atoms with E-state index in [0.717, 1.165) is 38.1 Å². The van der Waals surface area contributed by atoms with Gasteiger partial charge in [-0.25, -0.2) is 18.2 Å². The van der Waals surface area contributed by atoms with Crippen molar-refractivity contribution in [1.29, 1.82) is 0 Å². The molecule has 2 saturated heterocycles. The molecule has 170 valence electrons. The Kier molecular flexibility index (Phi) is 5.69. The van der Waals surface area contributed by atoms with Crippen LogP contribution in [0.4, 0.5) is 20.6 Å². The second-order valence-corrected chi connectivity index (χ2v) is 10.0. The zero-order valence-electron chi connectivity index (χ0n) is 16.9. The molecule has 1 saturated carbocycles. The van der Waals surface area contributed by atoms with E-state index >= 15 is 0 Å². The zero-order valence-corrected chi connectivity index (χ0v) is 17.7. The fourth-order valence-corrected chi connectivity index (χ4v) is 6.10. The Morgan fingerprint density at radius 2 is 2.03 bits per heavy atom. The van der Waals surface area contributed by atoms with Crippen molar-refractivity contribution in [3.63, 3.8) is 0 Å². The van der Waals surface area contributed by atoms with Crippen LogP contribution in [0.1, 0.15) is 32.1 Å². The van der Waals surface area contributed by atoms with Crippen molar-refractivity contribution in [2.24, 2.45) is 11.3 Å². The number of aromatic hydroxyl groups is 1. The number of rotatable bonds is 4. The second-order valence-electron chi connectivity index (χ2n) is 8.45. The first kappa shape index (κ1) is 21.6. The average molecular weight is 456 g/mol. The number of nitrogens with zero attached hydrogens (tertiary/aromatic N) is 1. The number of carbonyl (C=O) groups excluding carboxylic acids is 2. The molecule has 1 aromatic carbocycles. The normalized spacial score (nSPS) is 24.2. The first-order valence-electron chi connectivity index (χ1n) is 10.3. The van der Waals surface area contributed by atoms with Crippen LogP contribution >= 0.6 is 0 Å². The van der Waals surface area contributed by atoms with Gasteiger partial charge in [0.15, 0.2) is 5.82 Å². The minimum atomic E-state index is -4.27. The molecule has 31 heavy (non-hydrogen) atoms. The van der Waals surface area contributed by atoms with E-state index in [-0.39, 0.29) is 11.1 Å². The maximum atomic E-state index is 14.6. The van der Waals surface area contributed by atoms with Gasteiger partial charge >= 0.3 is 16.2 Å². The van der Waals surface area contributed by atoms with Gasteiger partial charge in [-0.1, -0.05) is 19.3 Å². The Morgan fingerprint density at radius 3 is 2.68 bits per heavy atom. The standard InChI is InChI=1S/C19H26FN5O5S/c20-14-6-13(7-15(26)17(14)25-10-16(27)24-31(25,29)30)23-18(28)22-9-12-8-21-11-19(12)4-2-1-3-5-19/h6-7,12,21,26H,1-5,8-11H2,(H,24,27)(H2,22,23,28). The Bertz CT molecular complexity index is 972. The van der Waals surface area contributed by atoms with E-state index < -0.39 is 45.9 Å². The van der Waals surface area contributed by atoms with Crippen LogP contribution < -0.4 is 25.0 Å². The molecule has 10 nitrogen and oxygen atoms in total. The van der Waals surface area contributed by atoms with Gasteiger partial charge in [0.2, 0.25) is 0 Å². The predicted octanol–water partition coefficient (Wildman–Crippen LogP) is 1.00. The minimum absolute atomic E-state index is 0.0379. The number of phenolic OH excluding ortho intramolecular Hbond substituents is 1. The number of nitrogens with one attached hydrogen (secondary N) is 4. The van der Waals surface area contributed by atoms with E-state index in [1.165, 1.54) is 19.3 Å². The van der Waals surface area contributed by atoms with Crippen molar-refractivity contribution < 1.29 is 27.5 Å². The predicted molar refractivity (Wildman–Crippen MR) is 111 cm³/mol. The lowest BCUT2D eigenvalue weighted by molar-refractivity contribution is -0.117. The summed E-state index contributed by atoms with van der Waals surface area (Å²) in [5.41, 5.74) is -0.478. The van der Waals surface area contributed by atoms with Crippen LogP contribution in [0.3, 0.4) is 0 Å². The zero-order chi connectivity index (χ0) is 22.2. The van der Waals surface area contributed by atoms with Gasteiger partial charge in [-0.15, -0.1) is 0 Å². The molecule has 2 aliphatic heterocycles. The van der Waals surface area contributed by atoms with Crippen LogP contribution in [0.2, 0.25) is 0 Å². The van der Waals surface area contributed by atoms with Gasteiger partial charge in [0, 0.05) is 31.4 Å². The van der Waals surface area contributed by atoms with Gasteiger partial charge in [-0.05, 0) is 30.2 Å². The largest absolute Gasteiger partial charge is 0.506 e. The van der Waals surface area contributed by atoms with Gasteiger partial charge in [-0.3, -0.25) is 4.79 Å². The van der Waals surface area contributed by atoms with Crippen LogP contribution in [-0.2, 0) is 15.0 Å². The highest BCUT2D eigenvalue weighted by atomic mass is 32.2. The second kappa shape index (κ2) is 8.15. The van der Waals surface area contributed by atoms with Crippen LogP contribution in [0.25, 0.3) is 0 Å². The molecule has 3 fully saturated rings. The lowest BCUT2D eigenvalue weighted by Gasteiger charge is -2.38. The third kappa shape index (κ3) is 4.26. The van der Waals surface area contributed by atoms with Crippen molar-refractivity contribution in [1.82, 2.24) is 15.4 Å². The maximum Gasteiger partial charge on any atom is 0.326 e. The Morgan fingerprint density at radius 1 is 1.29 bits per heavy atom. The lowest BCUT2D eigenvalue weighted by atomic mass is 9.68. The fourth-order valence-electron chi connectivity index (χ4n) is 4.93. The molecule has 0 radical (unpaired) electrons. The molecule has 1 spiro atoms. The highest BCUT2D eigenvalue weighted by Gasteiger charge is 2.43. The smallest absolute Gasteiger partial charge is 0.326 e. The van der Waals surface area contributed by atoms with Crippen molar-refractivity contribution in [3.8, 4) is 5.75 Å². The number of benzene rings is 1. The van der Waals surface area contributed by atoms with E-state index in [1.54, 1.807) is 4.72 Å². The quantitative estimate of drug-likeness (QED) is 0.459. The Hall–Kier alpha value is -2.60. The molecule has 1 atom stereocenters. The van der Waals surface area contributed by atoms with E-state index in [4.69, 9.17) is 0 Å². The molecule has 5 N–H and O–H groups in total. The van der Waals surface area contributed by atoms with E-state index in [1.807, 2.05) is 0 Å². The number of phenols is 1. The maximum absolute atomic E-state index is 14.6. The van der Waals surface area contributed by atoms with Gasteiger partial charge in [0.05, 0.1) is 0 Å². The molecule has 1 aromatic rings. The van der Waals surface area contributed by atoms with Crippen LogP contribution in [0, 0.1) is 17.2 Å². The molecule has 2 heterocycles. The lowest BCUT2D eigenvalue weighted by Crippen LogP contribution is -2.41. The van der Waals surface area contributed by atoms with Gasteiger partial charge in [0.25, 0.3) is 5.91 Å². The summed E-state index contributed by atoms with van der Waals surface area (Å²) in [5.74, 6) is -2.32. The van der Waals surface area contributed by atoms with Gasteiger partial charge in [0.1, 0.15) is 18.0 Å². The average Bonchev–Trinajstić information content (AvgIpc) is 3.19. The molecule has 0 bridgehead atoms. The number of amides is 3. The monoisotopic (exact) mass is 455 g/mol. The highest BCUT2D eigenvalue weighted by molar-refractivity contribution is 7.92. The third-order valence-corrected chi connectivity index (χ3v) is 7.84. The summed E-state index contributed by atoms with van der Waals surface area (Å²) in [5, 5.41) is 18.9. The highest BCUT2D eigenvalue weighted by Crippen LogP contribution is 2.44. The van der Waals surface area contributed by atoms with E-state index in [2.05, 4.69) is 16.0 Å². The minimum Gasteiger partial charge on any atom is -0.506 e. The molecule has 12 heteroatoms. The van der Waals surface area contributed by atoms with Crippen molar-refractivity contribution >= 4 is 33.5 Å².